The normalized spacial score (nSPS) is 49.0. The van der Waals surface area contributed by atoms with Gasteiger partial charge >= 0.3 is 0 Å². The molecule has 0 N–H and O–H groups in total. The van der Waals surface area contributed by atoms with Gasteiger partial charge in [-0.15, -0.1) is 0 Å². The van der Waals surface area contributed by atoms with Crippen molar-refractivity contribution in [3.8, 4) is 0 Å². The smallest absolute Gasteiger partial charge is 0.293 e. The van der Waals surface area contributed by atoms with Crippen molar-refractivity contribution in [2.75, 3.05) is 0 Å². The number of fused-ring (bicyclic) bond motifs is 5. The van der Waals surface area contributed by atoms with Gasteiger partial charge in [0.2, 0.25) is 0 Å². The van der Waals surface area contributed by atoms with Gasteiger partial charge in [0.05, 0.1) is 0 Å². The largest absolute Gasteiger partial charge is 0.464 e. The summed E-state index contributed by atoms with van der Waals surface area (Å²) in [6, 6.07) is 0. The molecule has 0 aliphatic heterocycles. The Kier molecular flexibility index (Phi) is 4.32. The van der Waals surface area contributed by atoms with E-state index >= 15 is 0 Å². The van der Waals surface area contributed by atoms with Crippen LogP contribution in [-0.4, -0.2) is 12.6 Å². The summed E-state index contributed by atoms with van der Waals surface area (Å²) >= 11 is 0. The minimum atomic E-state index is 0.124. The molecule has 0 bridgehead atoms. The predicted octanol–water partition coefficient (Wildman–Crippen LogP) is 5.76. The van der Waals surface area contributed by atoms with E-state index < -0.39 is 0 Å². The van der Waals surface area contributed by atoms with E-state index in [1.54, 1.807) is 5.57 Å². The fourth-order valence-electron chi connectivity index (χ4n) is 7.96. The van der Waals surface area contributed by atoms with Crippen molar-refractivity contribution < 1.29 is 9.53 Å². The van der Waals surface area contributed by atoms with Crippen molar-refractivity contribution in [2.45, 2.75) is 85.2 Å². The van der Waals surface area contributed by atoms with Crippen molar-refractivity contribution in [1.82, 2.24) is 0 Å². The van der Waals surface area contributed by atoms with Gasteiger partial charge in [-0.05, 0) is 85.4 Å². The Morgan fingerprint density at radius 3 is 2.64 bits per heavy atom. The van der Waals surface area contributed by atoms with Crippen LogP contribution in [0, 0.1) is 40.4 Å². The van der Waals surface area contributed by atoms with Crippen LogP contribution in [0.1, 0.15) is 79.1 Å². The molecule has 0 saturated heterocycles. The Morgan fingerprint density at radius 1 is 1.12 bits per heavy atom. The minimum Gasteiger partial charge on any atom is -0.464 e. The molecule has 4 rings (SSSR count). The second kappa shape index (κ2) is 6.13. The molecular formula is C23H36O2. The zero-order valence-electron chi connectivity index (χ0n) is 16.6. The Hall–Kier alpha value is -0.790. The summed E-state index contributed by atoms with van der Waals surface area (Å²) < 4.78 is 5.32. The van der Waals surface area contributed by atoms with Crippen LogP contribution in [0.25, 0.3) is 0 Å². The standard InChI is InChI=1S/C23H36O2/c1-15(2)19-7-8-20-18-6-5-16-13-17(25-14-24)9-11-22(16,3)21(18)10-12-23(19,20)4/h5,14-15,17-21H,6-13H2,1-4H3/t17-,18-,19+,20-,21-,22-,23+/m0/s1. The van der Waals surface area contributed by atoms with Gasteiger partial charge in [0.25, 0.3) is 6.47 Å². The van der Waals surface area contributed by atoms with Gasteiger partial charge < -0.3 is 4.74 Å². The lowest BCUT2D eigenvalue weighted by Gasteiger charge is -2.58. The highest BCUT2D eigenvalue weighted by atomic mass is 16.5. The average Bonchev–Trinajstić information content (AvgIpc) is 2.93. The molecule has 0 aromatic heterocycles. The number of hydrogen-bond acceptors (Lipinski definition) is 2. The summed E-state index contributed by atoms with van der Waals surface area (Å²) in [5.41, 5.74) is 2.55. The van der Waals surface area contributed by atoms with Crippen molar-refractivity contribution in [2.24, 2.45) is 40.4 Å². The SMILES string of the molecule is CC(C)[C@H]1CC[C@H]2[C@@H]3CC=C4C[C@@H](OC=O)CC[C@]4(C)[C@H]3CC[C@]12C. The molecule has 4 aliphatic carbocycles. The lowest BCUT2D eigenvalue weighted by Crippen LogP contribution is -2.50. The third-order valence-corrected chi connectivity index (χ3v) is 9.18. The fourth-order valence-corrected chi connectivity index (χ4v) is 7.96. The van der Waals surface area contributed by atoms with Crippen molar-refractivity contribution >= 4 is 6.47 Å². The molecule has 3 fully saturated rings. The summed E-state index contributed by atoms with van der Waals surface area (Å²) in [6.45, 7) is 10.7. The highest BCUT2D eigenvalue weighted by Gasteiger charge is 2.58. The maximum Gasteiger partial charge on any atom is 0.293 e. The van der Waals surface area contributed by atoms with Crippen LogP contribution in [0.15, 0.2) is 11.6 Å². The van der Waals surface area contributed by atoms with E-state index in [0.29, 0.717) is 17.3 Å². The van der Waals surface area contributed by atoms with Crippen LogP contribution < -0.4 is 0 Å². The van der Waals surface area contributed by atoms with Crippen LogP contribution in [0.4, 0.5) is 0 Å². The molecule has 0 heterocycles. The second-order valence-electron chi connectivity index (χ2n) is 10.3. The van der Waals surface area contributed by atoms with Crippen LogP contribution >= 0.6 is 0 Å². The van der Waals surface area contributed by atoms with Gasteiger partial charge in [-0.2, -0.15) is 0 Å². The first-order valence-electron chi connectivity index (χ1n) is 10.7. The van der Waals surface area contributed by atoms with Crippen LogP contribution in [0.5, 0.6) is 0 Å². The van der Waals surface area contributed by atoms with E-state index in [1.165, 1.54) is 38.5 Å². The second-order valence-corrected chi connectivity index (χ2v) is 10.3. The molecule has 0 spiro atoms. The fraction of sp³-hybridized carbons (Fsp3) is 0.870. The first kappa shape index (κ1) is 17.6. The molecule has 7 atom stereocenters. The molecule has 25 heavy (non-hydrogen) atoms. The molecule has 0 aromatic carbocycles. The molecule has 2 nitrogen and oxygen atoms in total. The summed E-state index contributed by atoms with van der Waals surface area (Å²) in [7, 11) is 0. The van der Waals surface area contributed by atoms with Gasteiger partial charge in [0.15, 0.2) is 0 Å². The third-order valence-electron chi connectivity index (χ3n) is 9.18. The van der Waals surface area contributed by atoms with Crippen LogP contribution in [0.3, 0.4) is 0 Å². The number of hydrogen-bond donors (Lipinski definition) is 0. The minimum absolute atomic E-state index is 0.124. The zero-order valence-corrected chi connectivity index (χ0v) is 16.6. The summed E-state index contributed by atoms with van der Waals surface area (Å²) in [4.78, 5) is 10.7. The van der Waals surface area contributed by atoms with E-state index in [4.69, 9.17) is 4.74 Å². The van der Waals surface area contributed by atoms with E-state index in [-0.39, 0.29) is 6.10 Å². The van der Waals surface area contributed by atoms with E-state index in [1.807, 2.05) is 0 Å². The number of allylic oxidation sites excluding steroid dienone is 1. The first-order chi connectivity index (χ1) is 11.9. The van der Waals surface area contributed by atoms with Crippen molar-refractivity contribution in [3.05, 3.63) is 11.6 Å². The zero-order chi connectivity index (χ0) is 17.8. The van der Waals surface area contributed by atoms with Crippen LogP contribution in [-0.2, 0) is 9.53 Å². The van der Waals surface area contributed by atoms with Crippen molar-refractivity contribution in [3.63, 3.8) is 0 Å². The lowest BCUT2D eigenvalue weighted by molar-refractivity contribution is -0.136. The summed E-state index contributed by atoms with van der Waals surface area (Å²) in [6.07, 6.45) is 12.9. The molecule has 0 radical (unpaired) electrons. The van der Waals surface area contributed by atoms with Gasteiger partial charge in [0.1, 0.15) is 6.10 Å². The van der Waals surface area contributed by atoms with Crippen molar-refractivity contribution in [1.29, 1.82) is 0 Å². The molecule has 0 amide bonds. The maximum atomic E-state index is 10.7. The lowest BCUT2D eigenvalue weighted by atomic mass is 9.47. The van der Waals surface area contributed by atoms with E-state index in [0.717, 1.165) is 42.4 Å². The summed E-state index contributed by atoms with van der Waals surface area (Å²) in [5.74, 6) is 4.42. The molecule has 2 heteroatoms. The highest BCUT2D eigenvalue weighted by Crippen LogP contribution is 2.67. The Labute approximate surface area is 153 Å². The number of carbonyl (C=O) groups excluding carboxylic acids is 1. The number of carbonyl (C=O) groups is 1. The molecule has 0 aromatic rings. The van der Waals surface area contributed by atoms with Gasteiger partial charge in [0, 0.05) is 6.42 Å². The predicted molar refractivity (Wildman–Crippen MR) is 101 cm³/mol. The van der Waals surface area contributed by atoms with Gasteiger partial charge in [-0.3, -0.25) is 4.79 Å². The molecule has 0 unspecified atom stereocenters. The Bertz CT molecular complexity index is 564. The monoisotopic (exact) mass is 344 g/mol. The topological polar surface area (TPSA) is 26.3 Å². The Morgan fingerprint density at radius 2 is 1.92 bits per heavy atom. The molecule has 4 aliphatic rings. The number of rotatable bonds is 3. The number of ether oxygens (including phenoxy) is 1. The third kappa shape index (κ3) is 2.53. The Balaban J connectivity index is 1.60. The quantitative estimate of drug-likeness (QED) is 0.480. The first-order valence-corrected chi connectivity index (χ1v) is 10.7. The van der Waals surface area contributed by atoms with Crippen LogP contribution in [0.2, 0.25) is 0 Å². The van der Waals surface area contributed by atoms with Gasteiger partial charge in [-0.25, -0.2) is 0 Å². The summed E-state index contributed by atoms with van der Waals surface area (Å²) in [5, 5.41) is 0. The van der Waals surface area contributed by atoms with E-state index in [2.05, 4.69) is 33.8 Å². The molecule has 3 saturated carbocycles. The molecular weight excluding hydrogens is 308 g/mol. The average molecular weight is 345 g/mol. The van der Waals surface area contributed by atoms with Gasteiger partial charge in [-0.1, -0.05) is 39.3 Å². The van der Waals surface area contributed by atoms with E-state index in [9.17, 15) is 4.79 Å². The molecule has 140 valence electrons. The highest BCUT2D eigenvalue weighted by molar-refractivity contribution is 5.38. The maximum absolute atomic E-state index is 10.7.